The minimum absolute atomic E-state index is 0.0704. The Bertz CT molecular complexity index is 623. The third kappa shape index (κ3) is 6.44. The molecule has 0 aliphatic carbocycles. The lowest BCUT2D eigenvalue weighted by atomic mass is 9.98. The second-order valence-electron chi connectivity index (χ2n) is 8.01. The Kier molecular flexibility index (Phi) is 11.1. The monoisotopic (exact) mass is 504 g/mol. The van der Waals surface area contributed by atoms with Crippen LogP contribution in [0.15, 0.2) is 0 Å². The molecule has 0 radical (unpaired) electrons. The lowest BCUT2D eigenvalue weighted by Crippen LogP contribution is -2.63. The molecule has 200 valence electrons. The van der Waals surface area contributed by atoms with Crippen molar-refractivity contribution in [2.75, 3.05) is 19.8 Å². The van der Waals surface area contributed by atoms with E-state index in [1.54, 1.807) is 0 Å². The number of aldehydes is 1. The third-order valence-corrected chi connectivity index (χ3v) is 5.63. The number of carbonyl (C=O) groups is 1. The van der Waals surface area contributed by atoms with Gasteiger partial charge in [0.1, 0.15) is 73.2 Å². The van der Waals surface area contributed by atoms with Crippen LogP contribution >= 0.6 is 0 Å². The van der Waals surface area contributed by atoms with Crippen molar-refractivity contribution in [3.63, 3.8) is 0 Å². The molecule has 0 aromatic heterocycles. The Morgan fingerprint density at radius 3 is 1.82 bits per heavy atom. The Morgan fingerprint density at radius 1 is 0.765 bits per heavy atom. The summed E-state index contributed by atoms with van der Waals surface area (Å²) in [6.07, 6.45) is -25.1. The highest BCUT2D eigenvalue weighted by molar-refractivity contribution is 5.56. The van der Waals surface area contributed by atoms with Crippen LogP contribution in [0, 0.1) is 0 Å². The van der Waals surface area contributed by atoms with Crippen LogP contribution in [0.5, 0.6) is 0 Å². The van der Waals surface area contributed by atoms with Crippen molar-refractivity contribution >= 4 is 6.29 Å². The predicted octanol–water partition coefficient (Wildman–Crippen LogP) is -7.73. The lowest BCUT2D eigenvalue weighted by Gasteiger charge is -2.43. The molecule has 0 spiro atoms. The Hall–Kier alpha value is -0.930. The standard InChI is InChI=1S/C18H32O16/c19-1-5(22)9(24)16(6(23)2-20)34-18-15(30)13(28)11(26)8(33-18)4-31-17-14(29)12(27)10(25)7(3-21)32-17/h1,5-18,20-30H,2-4H2/t5?,6?,7-,8-,9?,10-,11-,12+,13+,14-,15-,16?,17+,18-/m1/s1. The highest BCUT2D eigenvalue weighted by Crippen LogP contribution is 2.27. The van der Waals surface area contributed by atoms with Gasteiger partial charge in [-0.15, -0.1) is 0 Å². The van der Waals surface area contributed by atoms with Gasteiger partial charge in [0.05, 0.1) is 19.8 Å². The first-order valence-electron chi connectivity index (χ1n) is 10.4. The summed E-state index contributed by atoms with van der Waals surface area (Å²) < 4.78 is 20.9. The number of aliphatic hydroxyl groups excluding tert-OH is 11. The minimum Gasteiger partial charge on any atom is -0.394 e. The fraction of sp³-hybridized carbons (Fsp3) is 0.944. The van der Waals surface area contributed by atoms with Crippen molar-refractivity contribution in [1.82, 2.24) is 0 Å². The molecule has 2 rings (SSSR count). The van der Waals surface area contributed by atoms with E-state index < -0.39 is 106 Å². The molecule has 0 aromatic rings. The molecule has 2 aliphatic rings. The first kappa shape index (κ1) is 29.3. The van der Waals surface area contributed by atoms with Crippen LogP contribution in [0.1, 0.15) is 0 Å². The van der Waals surface area contributed by atoms with Crippen LogP contribution < -0.4 is 0 Å². The molecule has 2 aliphatic heterocycles. The van der Waals surface area contributed by atoms with Crippen LogP contribution in [0.25, 0.3) is 0 Å². The topological polar surface area (TPSA) is 277 Å². The van der Waals surface area contributed by atoms with Crippen molar-refractivity contribution in [2.45, 2.75) is 85.8 Å². The van der Waals surface area contributed by atoms with E-state index in [4.69, 9.17) is 24.1 Å². The number of rotatable bonds is 11. The van der Waals surface area contributed by atoms with E-state index in [-0.39, 0.29) is 6.29 Å². The molecule has 16 nitrogen and oxygen atoms in total. The Labute approximate surface area is 192 Å². The lowest BCUT2D eigenvalue weighted by molar-refractivity contribution is -0.343. The first-order chi connectivity index (χ1) is 16.0. The minimum atomic E-state index is -2.08. The molecule has 0 bridgehead atoms. The fourth-order valence-corrected chi connectivity index (χ4v) is 3.49. The number of carbonyl (C=O) groups excluding carboxylic acids is 1. The molecule has 0 aromatic carbocycles. The number of aliphatic hydroxyl groups is 11. The molecule has 11 N–H and O–H groups in total. The molecular weight excluding hydrogens is 472 g/mol. The summed E-state index contributed by atoms with van der Waals surface area (Å²) in [5.74, 6) is 0. The maximum absolute atomic E-state index is 10.8. The normalized spacial score (nSPS) is 42.6. The zero-order valence-corrected chi connectivity index (χ0v) is 17.7. The molecule has 2 heterocycles. The van der Waals surface area contributed by atoms with Crippen LogP contribution in [0.2, 0.25) is 0 Å². The van der Waals surface area contributed by atoms with Gasteiger partial charge in [0.15, 0.2) is 18.9 Å². The molecule has 34 heavy (non-hydrogen) atoms. The average Bonchev–Trinajstić information content (AvgIpc) is 2.84. The van der Waals surface area contributed by atoms with E-state index in [1.807, 2.05) is 0 Å². The zero-order valence-electron chi connectivity index (χ0n) is 17.7. The van der Waals surface area contributed by atoms with E-state index >= 15 is 0 Å². The van der Waals surface area contributed by atoms with Crippen molar-refractivity contribution in [3.05, 3.63) is 0 Å². The van der Waals surface area contributed by atoms with Gasteiger partial charge in [-0.3, -0.25) is 0 Å². The largest absolute Gasteiger partial charge is 0.394 e. The van der Waals surface area contributed by atoms with Crippen LogP contribution in [0.4, 0.5) is 0 Å². The SMILES string of the molecule is O=CC(O)C(O)C(O[C@H]1O[C@H](CO[C@H]2O[C@H](CO)[C@@H](O)[C@H](O)[C@H]2O)[C@@H](O)[C@H](O)[C@H]1O)C(O)CO. The summed E-state index contributed by atoms with van der Waals surface area (Å²) in [6, 6.07) is 0. The van der Waals surface area contributed by atoms with E-state index in [9.17, 15) is 55.9 Å². The van der Waals surface area contributed by atoms with Gasteiger partial charge >= 0.3 is 0 Å². The zero-order chi connectivity index (χ0) is 25.7. The number of hydrogen-bond acceptors (Lipinski definition) is 16. The summed E-state index contributed by atoms with van der Waals surface area (Å²) in [5.41, 5.74) is 0. The molecule has 4 unspecified atom stereocenters. The number of ether oxygens (including phenoxy) is 4. The van der Waals surface area contributed by atoms with Gasteiger partial charge in [0, 0.05) is 0 Å². The predicted molar refractivity (Wildman–Crippen MR) is 102 cm³/mol. The second-order valence-corrected chi connectivity index (χ2v) is 8.01. The fourth-order valence-electron chi connectivity index (χ4n) is 3.49. The molecule has 2 saturated heterocycles. The van der Waals surface area contributed by atoms with Gasteiger partial charge in [0.25, 0.3) is 0 Å². The van der Waals surface area contributed by atoms with E-state index in [0.717, 1.165) is 0 Å². The molecule has 0 amide bonds. The van der Waals surface area contributed by atoms with Crippen molar-refractivity contribution in [1.29, 1.82) is 0 Å². The van der Waals surface area contributed by atoms with Gasteiger partial charge in [-0.1, -0.05) is 0 Å². The smallest absolute Gasteiger partial charge is 0.187 e. The van der Waals surface area contributed by atoms with Gasteiger partial charge in [-0.05, 0) is 0 Å². The molecule has 16 heteroatoms. The van der Waals surface area contributed by atoms with Crippen LogP contribution in [-0.4, -0.2) is 168 Å². The Balaban J connectivity index is 2.10. The maximum Gasteiger partial charge on any atom is 0.187 e. The summed E-state index contributed by atoms with van der Waals surface area (Å²) in [5, 5.41) is 108. The van der Waals surface area contributed by atoms with Crippen LogP contribution in [-0.2, 0) is 23.7 Å². The quantitative estimate of drug-likeness (QED) is 0.117. The highest BCUT2D eigenvalue weighted by Gasteiger charge is 2.49. The van der Waals surface area contributed by atoms with Crippen LogP contribution in [0.3, 0.4) is 0 Å². The summed E-state index contributed by atoms with van der Waals surface area (Å²) in [4.78, 5) is 10.8. The van der Waals surface area contributed by atoms with Gasteiger partial charge in [0.2, 0.25) is 0 Å². The van der Waals surface area contributed by atoms with Gasteiger partial charge in [-0.2, -0.15) is 0 Å². The summed E-state index contributed by atoms with van der Waals surface area (Å²) >= 11 is 0. The second kappa shape index (κ2) is 12.9. The van der Waals surface area contributed by atoms with E-state index in [0.29, 0.717) is 0 Å². The highest BCUT2D eigenvalue weighted by atomic mass is 16.7. The van der Waals surface area contributed by atoms with E-state index in [1.165, 1.54) is 0 Å². The molecule has 2 fully saturated rings. The third-order valence-electron chi connectivity index (χ3n) is 5.63. The molecular formula is C18H32O16. The summed E-state index contributed by atoms with van der Waals surface area (Å²) in [7, 11) is 0. The van der Waals surface area contributed by atoms with Gasteiger partial charge < -0.3 is 79.9 Å². The van der Waals surface area contributed by atoms with Crippen molar-refractivity contribution in [2.24, 2.45) is 0 Å². The maximum atomic E-state index is 10.8. The molecule has 14 atom stereocenters. The van der Waals surface area contributed by atoms with Gasteiger partial charge in [-0.25, -0.2) is 0 Å². The van der Waals surface area contributed by atoms with E-state index in [2.05, 4.69) is 0 Å². The first-order valence-corrected chi connectivity index (χ1v) is 10.4. The number of hydrogen-bond donors (Lipinski definition) is 11. The summed E-state index contributed by atoms with van der Waals surface area (Å²) in [6.45, 7) is -2.39. The van der Waals surface area contributed by atoms with Crippen molar-refractivity contribution in [3.8, 4) is 0 Å². The average molecular weight is 504 g/mol. The Morgan fingerprint density at radius 2 is 1.29 bits per heavy atom. The molecule has 0 saturated carbocycles. The van der Waals surface area contributed by atoms with Crippen molar-refractivity contribution < 1.29 is 79.9 Å².